The molecule has 2 fully saturated rings. The lowest BCUT2D eigenvalue weighted by molar-refractivity contribution is -0.208. The number of hydrogen-bond acceptors (Lipinski definition) is 7. The molecule has 0 bridgehead atoms. The van der Waals surface area contributed by atoms with Crippen LogP contribution in [0.2, 0.25) is 0 Å². The summed E-state index contributed by atoms with van der Waals surface area (Å²) in [6.07, 6.45) is 2.73. The molecule has 7 nitrogen and oxygen atoms in total. The number of thioether (sulfide) groups is 1. The summed E-state index contributed by atoms with van der Waals surface area (Å²) in [5, 5.41) is 37.1. The van der Waals surface area contributed by atoms with E-state index in [1.807, 2.05) is 13.8 Å². The number of aliphatic hydroxyl groups excluding tert-OH is 3. The Balaban J connectivity index is 1.98. The van der Waals surface area contributed by atoms with E-state index in [1.165, 1.54) is 31.0 Å². The van der Waals surface area contributed by atoms with Gasteiger partial charge in [-0.2, -0.15) is 0 Å². The molecule has 0 aliphatic carbocycles. The molecule has 0 spiro atoms. The number of hydrogen-bond donors (Lipinski definition) is 5. The molecule has 164 valence electrons. The summed E-state index contributed by atoms with van der Waals surface area (Å²) in [5.41, 5.74) is -0.645. The van der Waals surface area contributed by atoms with Gasteiger partial charge in [-0.3, -0.25) is 4.79 Å². The number of piperidine rings is 1. The van der Waals surface area contributed by atoms with Gasteiger partial charge in [0.2, 0.25) is 5.91 Å². The lowest BCUT2D eigenvalue weighted by Gasteiger charge is -2.44. The first kappa shape index (κ1) is 23.9. The van der Waals surface area contributed by atoms with Crippen molar-refractivity contribution in [1.29, 1.82) is 0 Å². The molecule has 5 N–H and O–H groups in total. The number of unbranched alkanes of at least 4 members (excludes halogenated alkanes) is 1. The molecule has 0 radical (unpaired) electrons. The van der Waals surface area contributed by atoms with Gasteiger partial charge in [-0.25, -0.2) is 0 Å². The van der Waals surface area contributed by atoms with E-state index in [-0.39, 0.29) is 17.9 Å². The van der Waals surface area contributed by atoms with Crippen molar-refractivity contribution in [1.82, 2.24) is 10.6 Å². The number of carbonyl (C=O) groups is 1. The Morgan fingerprint density at radius 2 is 1.93 bits per heavy atom. The van der Waals surface area contributed by atoms with E-state index in [2.05, 4.69) is 17.6 Å². The molecule has 8 heteroatoms. The second-order valence-electron chi connectivity index (χ2n) is 8.50. The summed E-state index contributed by atoms with van der Waals surface area (Å²) in [6.45, 7) is 6.94. The van der Waals surface area contributed by atoms with Gasteiger partial charge in [0.1, 0.15) is 29.9 Å². The highest BCUT2D eigenvalue weighted by Crippen LogP contribution is 2.30. The van der Waals surface area contributed by atoms with Crippen molar-refractivity contribution in [2.75, 3.05) is 12.8 Å². The molecule has 2 heterocycles. The van der Waals surface area contributed by atoms with Gasteiger partial charge in [0, 0.05) is 0 Å². The molecule has 2 saturated heterocycles. The molecular formula is C20H38N2O5S. The summed E-state index contributed by atoms with van der Waals surface area (Å²) in [6, 6.07) is -0.703. The molecule has 2 unspecified atom stereocenters. The number of nitrogens with one attached hydrogen (secondary N) is 2. The zero-order valence-corrected chi connectivity index (χ0v) is 18.3. The quantitative estimate of drug-likeness (QED) is 0.397. The molecule has 0 aromatic heterocycles. The zero-order chi connectivity index (χ0) is 20.8. The third-order valence-electron chi connectivity index (χ3n) is 6.02. The van der Waals surface area contributed by atoms with Crippen LogP contribution in [0.1, 0.15) is 52.9 Å². The van der Waals surface area contributed by atoms with Crippen LogP contribution in [-0.2, 0) is 9.53 Å². The zero-order valence-electron chi connectivity index (χ0n) is 17.5. The summed E-state index contributed by atoms with van der Waals surface area (Å²) in [5.74, 6) is 0.534. The van der Waals surface area contributed by atoms with E-state index in [9.17, 15) is 20.1 Å². The first-order valence-electron chi connectivity index (χ1n) is 10.6. The number of ether oxygens (including phenoxy) is 1. The van der Waals surface area contributed by atoms with Crippen LogP contribution in [0.25, 0.3) is 0 Å². The van der Waals surface area contributed by atoms with Crippen LogP contribution in [0, 0.1) is 11.8 Å². The minimum absolute atomic E-state index is 0.00515. The van der Waals surface area contributed by atoms with E-state index in [0.29, 0.717) is 5.92 Å². The minimum Gasteiger partial charge on any atom is -0.388 e. The lowest BCUT2D eigenvalue weighted by Crippen LogP contribution is -2.65. The molecule has 28 heavy (non-hydrogen) atoms. The van der Waals surface area contributed by atoms with Crippen molar-refractivity contribution in [2.24, 2.45) is 11.8 Å². The Bertz CT molecular complexity index is 485. The Kier molecular flexibility index (Phi) is 9.50. The number of carbonyl (C=O) groups excluding carboxylic acids is 1. The minimum atomic E-state index is -1.30. The van der Waals surface area contributed by atoms with Crippen molar-refractivity contribution in [3.8, 4) is 0 Å². The maximum Gasteiger partial charge on any atom is 0.237 e. The van der Waals surface area contributed by atoms with E-state index in [1.54, 1.807) is 6.26 Å². The highest BCUT2D eigenvalue weighted by Gasteiger charge is 2.47. The average Bonchev–Trinajstić information content (AvgIpc) is 2.69. The average molecular weight is 419 g/mol. The fraction of sp³-hybridized carbons (Fsp3) is 0.950. The predicted molar refractivity (Wildman–Crippen MR) is 111 cm³/mol. The third kappa shape index (κ3) is 5.83. The third-order valence-corrected chi connectivity index (χ3v) is 6.87. The molecule has 8 atom stereocenters. The normalized spacial score (nSPS) is 37.6. The van der Waals surface area contributed by atoms with E-state index in [4.69, 9.17) is 4.74 Å². The molecule has 0 aromatic carbocycles. The second-order valence-corrected chi connectivity index (χ2v) is 9.44. The van der Waals surface area contributed by atoms with Crippen LogP contribution in [0.5, 0.6) is 0 Å². The van der Waals surface area contributed by atoms with Gasteiger partial charge in [0.25, 0.3) is 0 Å². The Hall–Kier alpha value is -0.380. The highest BCUT2D eigenvalue weighted by molar-refractivity contribution is 7.99. The molecular weight excluding hydrogens is 380 g/mol. The van der Waals surface area contributed by atoms with Gasteiger partial charge >= 0.3 is 0 Å². The smallest absolute Gasteiger partial charge is 0.237 e. The molecule has 2 rings (SSSR count). The summed E-state index contributed by atoms with van der Waals surface area (Å²) in [7, 11) is 0. The lowest BCUT2D eigenvalue weighted by atomic mass is 9.87. The van der Waals surface area contributed by atoms with Crippen molar-refractivity contribution in [3.63, 3.8) is 0 Å². The van der Waals surface area contributed by atoms with Crippen LogP contribution in [0.15, 0.2) is 0 Å². The van der Waals surface area contributed by atoms with Crippen molar-refractivity contribution in [3.05, 3.63) is 0 Å². The highest BCUT2D eigenvalue weighted by atomic mass is 32.2. The predicted octanol–water partition coefficient (Wildman–Crippen LogP) is 0.856. The molecule has 2 aliphatic heterocycles. The Morgan fingerprint density at radius 1 is 1.21 bits per heavy atom. The maximum absolute atomic E-state index is 12.9. The van der Waals surface area contributed by atoms with E-state index in [0.717, 1.165) is 19.4 Å². The Morgan fingerprint density at radius 3 is 2.46 bits per heavy atom. The van der Waals surface area contributed by atoms with Crippen molar-refractivity contribution in [2.45, 2.75) is 94.8 Å². The number of rotatable bonds is 8. The summed E-state index contributed by atoms with van der Waals surface area (Å²) in [4.78, 5) is 12.9. The van der Waals surface area contributed by atoms with Crippen molar-refractivity contribution >= 4 is 17.7 Å². The van der Waals surface area contributed by atoms with Gasteiger partial charge in [0.15, 0.2) is 0 Å². The maximum atomic E-state index is 12.9. The fourth-order valence-corrected chi connectivity index (χ4v) is 4.82. The van der Waals surface area contributed by atoms with Crippen LogP contribution >= 0.6 is 11.8 Å². The van der Waals surface area contributed by atoms with Crippen molar-refractivity contribution < 1.29 is 24.9 Å². The molecule has 2 aliphatic rings. The number of aliphatic hydroxyl groups is 3. The first-order valence-corrected chi connectivity index (χ1v) is 11.8. The first-order chi connectivity index (χ1) is 13.3. The monoisotopic (exact) mass is 418 g/mol. The fourth-order valence-electron chi connectivity index (χ4n) is 4.14. The van der Waals surface area contributed by atoms with E-state index < -0.39 is 35.9 Å². The van der Waals surface area contributed by atoms with Gasteiger partial charge in [0.05, 0.1) is 12.1 Å². The van der Waals surface area contributed by atoms with Crippen LogP contribution in [0.3, 0.4) is 0 Å². The second kappa shape index (κ2) is 11.1. The molecule has 0 saturated carbocycles. The summed E-state index contributed by atoms with van der Waals surface area (Å²) < 4.78 is 5.87. The Labute approximate surface area is 173 Å². The van der Waals surface area contributed by atoms with Gasteiger partial charge < -0.3 is 30.7 Å². The largest absolute Gasteiger partial charge is 0.388 e. The standard InChI is InChI=1S/C20H38N2O5S/c1-5-6-7-12-8-9-13(21-10-12)19(26)22-14(11(2)3)18-16(24)15(23)17(25)20(27-18)28-4/h11-18,20-21,23-25H,5-10H2,1-4H3,(H,22,26)/t12?,13?,14-,15+,16-,17-,18-,20-/m1/s1. The van der Waals surface area contributed by atoms with Crippen LogP contribution in [-0.4, -0.2) is 76.0 Å². The van der Waals surface area contributed by atoms with Crippen LogP contribution < -0.4 is 10.6 Å². The van der Waals surface area contributed by atoms with E-state index >= 15 is 0 Å². The SMILES string of the molecule is CCCCC1CCC(C(=O)N[C@H](C(C)C)[C@H]2O[C@H](SC)[C@H](O)[C@@H](O)[C@H]2O)NC1. The molecule has 1 amide bonds. The molecule has 0 aromatic rings. The van der Waals surface area contributed by atoms with Crippen LogP contribution in [0.4, 0.5) is 0 Å². The van der Waals surface area contributed by atoms with Gasteiger partial charge in [-0.1, -0.05) is 33.6 Å². The van der Waals surface area contributed by atoms with Gasteiger partial charge in [-0.05, 0) is 43.9 Å². The van der Waals surface area contributed by atoms with Gasteiger partial charge in [-0.15, -0.1) is 11.8 Å². The summed E-state index contributed by atoms with van der Waals surface area (Å²) >= 11 is 1.28. The number of amides is 1. The topological polar surface area (TPSA) is 111 Å².